The van der Waals surface area contributed by atoms with Crippen molar-refractivity contribution in [2.24, 2.45) is 0 Å². The topological polar surface area (TPSA) is 62.5 Å². The Balaban J connectivity index is 1.34. The zero-order chi connectivity index (χ0) is 17.9. The lowest BCUT2D eigenvalue weighted by Crippen LogP contribution is -2.48. The van der Waals surface area contributed by atoms with Crippen LogP contribution in [-0.4, -0.2) is 52.0 Å². The number of rotatable bonds is 4. The Bertz CT molecular complexity index is 883. The number of benzene rings is 1. The molecular formula is C19H20N4O2S. The summed E-state index contributed by atoms with van der Waals surface area (Å²) in [5.74, 6) is 1.37. The molecule has 0 atom stereocenters. The standard InChI is InChI=1S/C19H20N4O2S/c1-14-5-2-3-6-15(14)19(24)23-10-8-22(9-11-23)13-17-20-18(21-25-17)16-7-4-12-26-16/h2-7,12H,8-11,13H2,1H3. The molecule has 3 heterocycles. The molecule has 1 aromatic carbocycles. The molecule has 0 radical (unpaired) electrons. The van der Waals surface area contributed by atoms with Gasteiger partial charge in [0.2, 0.25) is 11.7 Å². The quantitative estimate of drug-likeness (QED) is 0.708. The largest absolute Gasteiger partial charge is 0.338 e. The van der Waals surface area contributed by atoms with E-state index in [4.69, 9.17) is 4.52 Å². The van der Waals surface area contributed by atoms with Crippen molar-refractivity contribution >= 4 is 17.2 Å². The minimum atomic E-state index is 0.112. The summed E-state index contributed by atoms with van der Waals surface area (Å²) in [5.41, 5.74) is 1.81. The van der Waals surface area contributed by atoms with Crippen molar-refractivity contribution in [2.75, 3.05) is 26.2 Å². The molecule has 134 valence electrons. The molecule has 2 aromatic heterocycles. The smallest absolute Gasteiger partial charge is 0.254 e. The first-order chi connectivity index (χ1) is 12.7. The van der Waals surface area contributed by atoms with Gasteiger partial charge < -0.3 is 9.42 Å². The third-order valence-corrected chi connectivity index (χ3v) is 5.47. The number of piperazine rings is 1. The van der Waals surface area contributed by atoms with Gasteiger partial charge in [-0.2, -0.15) is 4.98 Å². The van der Waals surface area contributed by atoms with Crippen LogP contribution in [0.4, 0.5) is 0 Å². The van der Waals surface area contributed by atoms with E-state index in [1.807, 2.05) is 53.6 Å². The normalized spacial score (nSPS) is 15.3. The van der Waals surface area contributed by atoms with E-state index in [0.717, 1.165) is 29.1 Å². The number of thiophene rings is 1. The second-order valence-corrected chi connectivity index (χ2v) is 7.32. The van der Waals surface area contributed by atoms with E-state index in [0.29, 0.717) is 31.3 Å². The van der Waals surface area contributed by atoms with Crippen LogP contribution in [0.25, 0.3) is 10.7 Å². The highest BCUT2D eigenvalue weighted by Crippen LogP contribution is 2.22. The number of hydrogen-bond donors (Lipinski definition) is 0. The lowest BCUT2D eigenvalue weighted by molar-refractivity contribution is 0.0614. The van der Waals surface area contributed by atoms with Gasteiger partial charge in [-0.3, -0.25) is 9.69 Å². The van der Waals surface area contributed by atoms with Gasteiger partial charge in [-0.1, -0.05) is 29.4 Å². The molecule has 0 unspecified atom stereocenters. The van der Waals surface area contributed by atoms with Gasteiger partial charge in [-0.05, 0) is 30.0 Å². The summed E-state index contributed by atoms with van der Waals surface area (Å²) in [6.07, 6.45) is 0. The van der Waals surface area contributed by atoms with Gasteiger partial charge in [0.25, 0.3) is 5.91 Å². The number of aryl methyl sites for hydroxylation is 1. The first-order valence-electron chi connectivity index (χ1n) is 8.64. The van der Waals surface area contributed by atoms with Crippen LogP contribution in [0.2, 0.25) is 0 Å². The zero-order valence-electron chi connectivity index (χ0n) is 14.6. The Hall–Kier alpha value is -2.51. The van der Waals surface area contributed by atoms with Gasteiger partial charge in [-0.25, -0.2) is 0 Å². The lowest BCUT2D eigenvalue weighted by atomic mass is 10.1. The fourth-order valence-electron chi connectivity index (χ4n) is 3.11. The van der Waals surface area contributed by atoms with E-state index >= 15 is 0 Å². The van der Waals surface area contributed by atoms with Crippen LogP contribution in [0, 0.1) is 6.92 Å². The van der Waals surface area contributed by atoms with Crippen molar-refractivity contribution < 1.29 is 9.32 Å². The fraction of sp³-hybridized carbons (Fsp3) is 0.316. The highest BCUT2D eigenvalue weighted by atomic mass is 32.1. The van der Waals surface area contributed by atoms with E-state index in [-0.39, 0.29) is 5.91 Å². The Morgan fingerprint density at radius 2 is 1.96 bits per heavy atom. The van der Waals surface area contributed by atoms with E-state index in [1.165, 1.54) is 0 Å². The molecule has 0 bridgehead atoms. The molecule has 3 aromatic rings. The van der Waals surface area contributed by atoms with Crippen molar-refractivity contribution in [2.45, 2.75) is 13.5 Å². The fourth-order valence-corrected chi connectivity index (χ4v) is 3.76. The van der Waals surface area contributed by atoms with Crippen LogP contribution in [0.3, 0.4) is 0 Å². The third kappa shape index (κ3) is 3.54. The molecule has 4 rings (SSSR count). The third-order valence-electron chi connectivity index (χ3n) is 4.60. The number of aromatic nitrogens is 2. The number of carbonyl (C=O) groups is 1. The number of hydrogen-bond acceptors (Lipinski definition) is 6. The number of amides is 1. The molecule has 6 nitrogen and oxygen atoms in total. The maximum atomic E-state index is 12.7. The minimum absolute atomic E-state index is 0.112. The van der Waals surface area contributed by atoms with Crippen molar-refractivity contribution in [1.29, 1.82) is 0 Å². The van der Waals surface area contributed by atoms with Crippen LogP contribution in [0.1, 0.15) is 21.8 Å². The number of carbonyl (C=O) groups excluding carboxylic acids is 1. The van der Waals surface area contributed by atoms with Crippen molar-refractivity contribution in [3.05, 3.63) is 58.8 Å². The lowest BCUT2D eigenvalue weighted by Gasteiger charge is -2.34. The molecule has 1 amide bonds. The van der Waals surface area contributed by atoms with Gasteiger partial charge in [-0.15, -0.1) is 11.3 Å². The highest BCUT2D eigenvalue weighted by Gasteiger charge is 2.24. The van der Waals surface area contributed by atoms with Crippen molar-refractivity contribution in [3.63, 3.8) is 0 Å². The second kappa shape index (κ2) is 7.39. The minimum Gasteiger partial charge on any atom is -0.338 e. The highest BCUT2D eigenvalue weighted by molar-refractivity contribution is 7.13. The van der Waals surface area contributed by atoms with E-state index in [1.54, 1.807) is 11.3 Å². The van der Waals surface area contributed by atoms with Crippen molar-refractivity contribution in [3.8, 4) is 10.7 Å². The first-order valence-corrected chi connectivity index (χ1v) is 9.52. The summed E-state index contributed by atoms with van der Waals surface area (Å²) in [5, 5.41) is 6.05. The predicted molar refractivity (Wildman–Crippen MR) is 100.0 cm³/mol. The number of nitrogens with zero attached hydrogens (tertiary/aromatic N) is 4. The summed E-state index contributed by atoms with van der Waals surface area (Å²) in [4.78, 5) is 22.3. The predicted octanol–water partition coefficient (Wildman–Crippen LogP) is 3.06. The van der Waals surface area contributed by atoms with Crippen molar-refractivity contribution in [1.82, 2.24) is 19.9 Å². The van der Waals surface area contributed by atoms with Crippen LogP contribution in [0.5, 0.6) is 0 Å². The van der Waals surface area contributed by atoms with Crippen LogP contribution < -0.4 is 0 Å². The van der Waals surface area contributed by atoms with Crippen LogP contribution in [-0.2, 0) is 6.54 Å². The molecule has 0 aliphatic carbocycles. The van der Waals surface area contributed by atoms with Gasteiger partial charge in [0.15, 0.2) is 0 Å². The summed E-state index contributed by atoms with van der Waals surface area (Å²) >= 11 is 1.60. The summed E-state index contributed by atoms with van der Waals surface area (Å²) in [6, 6.07) is 11.7. The Labute approximate surface area is 156 Å². The van der Waals surface area contributed by atoms with E-state index < -0.39 is 0 Å². The average molecular weight is 368 g/mol. The maximum Gasteiger partial charge on any atom is 0.254 e. The molecule has 1 fully saturated rings. The molecule has 1 aliphatic rings. The molecule has 26 heavy (non-hydrogen) atoms. The molecule has 1 saturated heterocycles. The molecule has 0 N–H and O–H groups in total. The molecule has 1 aliphatic heterocycles. The summed E-state index contributed by atoms with van der Waals surface area (Å²) in [7, 11) is 0. The summed E-state index contributed by atoms with van der Waals surface area (Å²) < 4.78 is 5.37. The first kappa shape index (κ1) is 16.9. The second-order valence-electron chi connectivity index (χ2n) is 6.37. The Morgan fingerprint density at radius 1 is 1.15 bits per heavy atom. The SMILES string of the molecule is Cc1ccccc1C(=O)N1CCN(Cc2nc(-c3cccs3)no2)CC1. The van der Waals surface area contributed by atoms with Gasteiger partial charge in [0.05, 0.1) is 11.4 Å². The van der Waals surface area contributed by atoms with E-state index in [9.17, 15) is 4.79 Å². The summed E-state index contributed by atoms with van der Waals surface area (Å²) in [6.45, 7) is 5.61. The van der Waals surface area contributed by atoms with Gasteiger partial charge >= 0.3 is 0 Å². The molecule has 0 saturated carbocycles. The maximum absolute atomic E-state index is 12.7. The van der Waals surface area contributed by atoms with E-state index in [2.05, 4.69) is 15.0 Å². The van der Waals surface area contributed by atoms with Crippen LogP contribution >= 0.6 is 11.3 Å². The van der Waals surface area contributed by atoms with Gasteiger partial charge in [0.1, 0.15) is 0 Å². The Kier molecular flexibility index (Phi) is 4.81. The van der Waals surface area contributed by atoms with Crippen LogP contribution in [0.15, 0.2) is 46.3 Å². The molecular weight excluding hydrogens is 348 g/mol. The zero-order valence-corrected chi connectivity index (χ0v) is 15.4. The molecule has 0 spiro atoms. The monoisotopic (exact) mass is 368 g/mol. The molecule has 7 heteroatoms. The Morgan fingerprint density at radius 3 is 2.69 bits per heavy atom. The van der Waals surface area contributed by atoms with Gasteiger partial charge in [0, 0.05) is 31.7 Å². The average Bonchev–Trinajstić information content (AvgIpc) is 3.34.